The average Bonchev–Trinajstić information content (AvgIpc) is 3.18. The number of hydrogen-bond acceptors (Lipinski definition) is 5. The highest BCUT2D eigenvalue weighted by Gasteiger charge is 2.29. The van der Waals surface area contributed by atoms with Crippen LogP contribution in [0.2, 0.25) is 0 Å². The summed E-state index contributed by atoms with van der Waals surface area (Å²) in [6, 6.07) is 0.137. The van der Waals surface area contributed by atoms with E-state index in [4.69, 9.17) is 4.52 Å². The van der Waals surface area contributed by atoms with Gasteiger partial charge in [-0.1, -0.05) is 5.16 Å². The van der Waals surface area contributed by atoms with E-state index < -0.39 is 0 Å². The fourth-order valence-corrected chi connectivity index (χ4v) is 3.68. The minimum Gasteiger partial charge on any atom is -0.339 e. The van der Waals surface area contributed by atoms with Gasteiger partial charge < -0.3 is 19.2 Å². The number of amides is 3. The van der Waals surface area contributed by atoms with E-state index in [1.807, 2.05) is 14.7 Å². The van der Waals surface area contributed by atoms with Crippen LogP contribution in [0.25, 0.3) is 0 Å². The molecule has 0 spiro atoms. The van der Waals surface area contributed by atoms with Crippen LogP contribution in [0.5, 0.6) is 0 Å². The molecule has 0 bridgehead atoms. The van der Waals surface area contributed by atoms with Gasteiger partial charge in [-0.25, -0.2) is 4.79 Å². The lowest BCUT2D eigenvalue weighted by Crippen LogP contribution is -2.53. The minimum absolute atomic E-state index is 0.137. The summed E-state index contributed by atoms with van der Waals surface area (Å²) in [4.78, 5) is 34.9. The molecule has 1 aromatic heterocycles. The Morgan fingerprint density at radius 2 is 1.62 bits per heavy atom. The van der Waals surface area contributed by atoms with Crippen LogP contribution >= 0.6 is 0 Å². The van der Waals surface area contributed by atoms with Gasteiger partial charge in [0.2, 0.25) is 11.8 Å². The van der Waals surface area contributed by atoms with E-state index in [1.54, 1.807) is 0 Å². The molecule has 2 aliphatic heterocycles. The lowest BCUT2D eigenvalue weighted by molar-refractivity contribution is -0.132. The van der Waals surface area contributed by atoms with Crippen molar-refractivity contribution in [2.24, 2.45) is 0 Å². The molecule has 3 heterocycles. The van der Waals surface area contributed by atoms with Gasteiger partial charge in [-0.2, -0.15) is 4.98 Å². The number of likely N-dealkylation sites (tertiary alicyclic amines) is 1. The molecule has 2 saturated heterocycles. The maximum atomic E-state index is 12.4. The number of carbonyl (C=O) groups excluding carboxylic acids is 2. The van der Waals surface area contributed by atoms with Crippen LogP contribution in [0, 0.1) is 0 Å². The van der Waals surface area contributed by atoms with Crippen LogP contribution in [0.4, 0.5) is 4.79 Å². The normalized spacial score (nSPS) is 20.7. The summed E-state index contributed by atoms with van der Waals surface area (Å²) in [5, 5.41) is 4.00. The van der Waals surface area contributed by atoms with Gasteiger partial charge in [0.15, 0.2) is 5.82 Å². The van der Waals surface area contributed by atoms with Crippen molar-refractivity contribution in [2.75, 3.05) is 39.3 Å². The fourth-order valence-electron chi connectivity index (χ4n) is 3.68. The molecule has 0 aromatic carbocycles. The Kier molecular flexibility index (Phi) is 5.08. The van der Waals surface area contributed by atoms with E-state index >= 15 is 0 Å². The van der Waals surface area contributed by atoms with Gasteiger partial charge in [0.25, 0.3) is 0 Å². The summed E-state index contributed by atoms with van der Waals surface area (Å²) in [7, 11) is 0. The van der Waals surface area contributed by atoms with Gasteiger partial charge in [-0.15, -0.1) is 0 Å². The first-order chi connectivity index (χ1) is 12.7. The van der Waals surface area contributed by atoms with Gasteiger partial charge >= 0.3 is 6.03 Å². The SMILES string of the molecule is O=C(CCCc1nc(C2CC2)no1)N1CCN(C(=O)N2CCCC2)CC1. The van der Waals surface area contributed by atoms with Crippen LogP contribution in [-0.2, 0) is 11.2 Å². The number of rotatable bonds is 5. The Bertz CT molecular complexity index is 643. The molecule has 3 amide bonds. The number of carbonyl (C=O) groups is 2. The first-order valence-electron chi connectivity index (χ1n) is 9.85. The molecule has 26 heavy (non-hydrogen) atoms. The highest BCUT2D eigenvalue weighted by atomic mass is 16.5. The summed E-state index contributed by atoms with van der Waals surface area (Å²) in [6.07, 6.45) is 6.38. The van der Waals surface area contributed by atoms with Gasteiger partial charge in [0.05, 0.1) is 0 Å². The van der Waals surface area contributed by atoms with Crippen LogP contribution in [0.1, 0.15) is 56.2 Å². The maximum absolute atomic E-state index is 12.4. The molecule has 0 atom stereocenters. The predicted molar refractivity (Wildman–Crippen MR) is 93.6 cm³/mol. The van der Waals surface area contributed by atoms with Crippen LogP contribution in [0.15, 0.2) is 4.52 Å². The monoisotopic (exact) mass is 361 g/mol. The van der Waals surface area contributed by atoms with Crippen LogP contribution in [0.3, 0.4) is 0 Å². The van der Waals surface area contributed by atoms with E-state index in [2.05, 4.69) is 10.1 Å². The van der Waals surface area contributed by atoms with Crippen molar-refractivity contribution in [3.05, 3.63) is 11.7 Å². The highest BCUT2D eigenvalue weighted by Crippen LogP contribution is 2.38. The fraction of sp³-hybridized carbons (Fsp3) is 0.778. The Balaban J connectivity index is 1.16. The molecule has 3 fully saturated rings. The topological polar surface area (TPSA) is 82.8 Å². The van der Waals surface area contributed by atoms with Crippen molar-refractivity contribution >= 4 is 11.9 Å². The molecule has 3 aliphatic rings. The Morgan fingerprint density at radius 3 is 2.31 bits per heavy atom. The molecule has 1 saturated carbocycles. The summed E-state index contributed by atoms with van der Waals surface area (Å²) in [5.41, 5.74) is 0. The summed E-state index contributed by atoms with van der Waals surface area (Å²) < 4.78 is 5.25. The first kappa shape index (κ1) is 17.3. The maximum Gasteiger partial charge on any atom is 0.320 e. The molecular formula is C18H27N5O3. The third kappa shape index (κ3) is 3.99. The van der Waals surface area contributed by atoms with E-state index in [1.165, 1.54) is 0 Å². The Morgan fingerprint density at radius 1 is 0.962 bits per heavy atom. The summed E-state index contributed by atoms with van der Waals surface area (Å²) in [5.74, 6) is 2.11. The second-order valence-corrected chi connectivity index (χ2v) is 7.52. The van der Waals surface area contributed by atoms with Crippen molar-refractivity contribution in [1.29, 1.82) is 0 Å². The van der Waals surface area contributed by atoms with Gasteiger partial charge in [0, 0.05) is 58.0 Å². The number of aromatic nitrogens is 2. The summed E-state index contributed by atoms with van der Waals surface area (Å²) >= 11 is 0. The van der Waals surface area contributed by atoms with E-state index in [0.29, 0.717) is 50.8 Å². The lowest BCUT2D eigenvalue weighted by atomic mass is 10.2. The Labute approximate surface area is 153 Å². The average molecular weight is 361 g/mol. The molecule has 0 N–H and O–H groups in total. The van der Waals surface area contributed by atoms with Crippen LogP contribution < -0.4 is 0 Å². The second-order valence-electron chi connectivity index (χ2n) is 7.52. The molecule has 142 valence electrons. The largest absolute Gasteiger partial charge is 0.339 e. The minimum atomic E-state index is 0.137. The van der Waals surface area contributed by atoms with Gasteiger partial charge in [0.1, 0.15) is 0 Å². The predicted octanol–water partition coefficient (Wildman–Crippen LogP) is 1.63. The van der Waals surface area contributed by atoms with Crippen LogP contribution in [-0.4, -0.2) is 76.0 Å². The standard InChI is InChI=1S/C18H27N5O3/c24-16(5-3-4-15-19-17(20-26-15)14-6-7-14)21-10-12-23(13-11-21)18(25)22-8-1-2-9-22/h14H,1-13H2. The third-order valence-electron chi connectivity index (χ3n) is 5.49. The zero-order valence-electron chi connectivity index (χ0n) is 15.2. The molecule has 0 radical (unpaired) electrons. The summed E-state index contributed by atoms with van der Waals surface area (Å²) in [6.45, 7) is 4.27. The molecule has 4 rings (SSSR count). The first-order valence-corrected chi connectivity index (χ1v) is 9.85. The van der Waals surface area contributed by atoms with Crippen molar-refractivity contribution in [2.45, 2.75) is 50.9 Å². The molecule has 1 aromatic rings. The molecule has 8 nitrogen and oxygen atoms in total. The number of nitrogens with zero attached hydrogens (tertiary/aromatic N) is 5. The second kappa shape index (κ2) is 7.63. The van der Waals surface area contributed by atoms with E-state index in [9.17, 15) is 9.59 Å². The van der Waals surface area contributed by atoms with Crippen molar-refractivity contribution < 1.29 is 14.1 Å². The van der Waals surface area contributed by atoms with E-state index in [-0.39, 0.29) is 11.9 Å². The van der Waals surface area contributed by atoms with Gasteiger partial charge in [-0.3, -0.25) is 4.79 Å². The van der Waals surface area contributed by atoms with Gasteiger partial charge in [-0.05, 0) is 32.1 Å². The lowest BCUT2D eigenvalue weighted by Gasteiger charge is -2.36. The number of aryl methyl sites for hydroxylation is 1. The zero-order valence-corrected chi connectivity index (χ0v) is 15.2. The molecule has 1 aliphatic carbocycles. The van der Waals surface area contributed by atoms with Crippen molar-refractivity contribution in [1.82, 2.24) is 24.8 Å². The number of hydrogen-bond donors (Lipinski definition) is 0. The molecule has 8 heteroatoms. The third-order valence-corrected chi connectivity index (χ3v) is 5.49. The molecular weight excluding hydrogens is 334 g/mol. The number of piperazine rings is 1. The van der Waals surface area contributed by atoms with Crippen molar-refractivity contribution in [3.63, 3.8) is 0 Å². The smallest absolute Gasteiger partial charge is 0.320 e. The quantitative estimate of drug-likeness (QED) is 0.796. The highest BCUT2D eigenvalue weighted by molar-refractivity contribution is 5.77. The number of urea groups is 1. The molecule has 0 unspecified atom stereocenters. The zero-order chi connectivity index (χ0) is 17.9. The van der Waals surface area contributed by atoms with E-state index in [0.717, 1.165) is 51.0 Å². The van der Waals surface area contributed by atoms with Crippen molar-refractivity contribution in [3.8, 4) is 0 Å². The Hall–Kier alpha value is -2.12.